The van der Waals surface area contributed by atoms with Crippen molar-refractivity contribution >= 4 is 12.0 Å². The highest BCUT2D eigenvalue weighted by Gasteiger charge is 2.21. The van der Waals surface area contributed by atoms with E-state index in [0.717, 1.165) is 5.56 Å². The quantitative estimate of drug-likeness (QED) is 0.845. The van der Waals surface area contributed by atoms with Gasteiger partial charge in [0, 0.05) is 5.56 Å². The molecule has 0 aliphatic rings. The van der Waals surface area contributed by atoms with Crippen LogP contribution in [0, 0.1) is 0 Å². The molecule has 6 heteroatoms. The maximum Gasteiger partial charge on any atom is 0.408 e. The van der Waals surface area contributed by atoms with E-state index in [4.69, 9.17) is 15.2 Å². The first-order valence-corrected chi connectivity index (χ1v) is 7.22. The van der Waals surface area contributed by atoms with Crippen molar-refractivity contribution in [2.75, 3.05) is 6.61 Å². The summed E-state index contributed by atoms with van der Waals surface area (Å²) in [5.41, 5.74) is 5.31. The number of para-hydroxylation sites is 1. The minimum atomic E-state index is -0.565. The zero-order valence-corrected chi connectivity index (χ0v) is 13.5. The highest BCUT2D eigenvalue weighted by molar-refractivity contribution is 5.75. The van der Waals surface area contributed by atoms with Crippen LogP contribution in [0.5, 0.6) is 5.75 Å². The molecule has 0 bridgehead atoms. The number of ether oxygens (including phenoxy) is 2. The molecule has 1 aromatic rings. The summed E-state index contributed by atoms with van der Waals surface area (Å²) in [6.45, 7) is 7.14. The lowest BCUT2D eigenvalue weighted by molar-refractivity contribution is -0.119. The number of hydrogen-bond donors (Lipinski definition) is 2. The van der Waals surface area contributed by atoms with Crippen molar-refractivity contribution in [2.24, 2.45) is 5.73 Å². The van der Waals surface area contributed by atoms with Gasteiger partial charge in [0.05, 0.1) is 6.04 Å². The Bertz CT molecular complexity index is 523. The number of nitrogens with one attached hydrogen (secondary N) is 1. The highest BCUT2D eigenvalue weighted by Crippen LogP contribution is 2.27. The Morgan fingerprint density at radius 1 is 1.27 bits per heavy atom. The smallest absolute Gasteiger partial charge is 0.408 e. The second-order valence-electron chi connectivity index (χ2n) is 5.90. The summed E-state index contributed by atoms with van der Waals surface area (Å²) in [5.74, 6) is -0.0350. The lowest BCUT2D eigenvalue weighted by atomic mass is 10.0. The first-order valence-electron chi connectivity index (χ1n) is 7.22. The number of hydrogen-bond acceptors (Lipinski definition) is 4. The molecule has 0 saturated heterocycles. The third-order valence-corrected chi connectivity index (χ3v) is 2.76. The molecule has 2 amide bonds. The molecule has 0 heterocycles. The molecule has 0 aromatic heterocycles. The maximum absolute atomic E-state index is 11.9. The van der Waals surface area contributed by atoms with Gasteiger partial charge in [0.25, 0.3) is 5.91 Å². The van der Waals surface area contributed by atoms with E-state index in [9.17, 15) is 9.59 Å². The van der Waals surface area contributed by atoms with Gasteiger partial charge in [0.1, 0.15) is 11.4 Å². The Balaban J connectivity index is 2.86. The second-order valence-corrected chi connectivity index (χ2v) is 5.90. The molecule has 3 N–H and O–H groups in total. The molecular weight excluding hydrogens is 284 g/mol. The van der Waals surface area contributed by atoms with Crippen LogP contribution in [0.1, 0.15) is 45.7 Å². The van der Waals surface area contributed by atoms with Gasteiger partial charge >= 0.3 is 6.09 Å². The van der Waals surface area contributed by atoms with Crippen molar-refractivity contribution in [3.63, 3.8) is 0 Å². The molecular formula is C16H24N2O4. The predicted molar refractivity (Wildman–Crippen MR) is 83.5 cm³/mol. The van der Waals surface area contributed by atoms with Crippen LogP contribution in [0.15, 0.2) is 24.3 Å². The number of primary amides is 1. The summed E-state index contributed by atoms with van der Waals surface area (Å²) in [5, 5.41) is 2.81. The van der Waals surface area contributed by atoms with E-state index in [1.54, 1.807) is 32.9 Å². The van der Waals surface area contributed by atoms with Crippen LogP contribution in [-0.4, -0.2) is 24.2 Å². The van der Waals surface area contributed by atoms with Crippen LogP contribution in [0.3, 0.4) is 0 Å². The van der Waals surface area contributed by atoms with Crippen molar-refractivity contribution in [1.82, 2.24) is 5.32 Å². The minimum absolute atomic E-state index is 0.208. The van der Waals surface area contributed by atoms with Crippen molar-refractivity contribution in [3.05, 3.63) is 29.8 Å². The fourth-order valence-electron chi connectivity index (χ4n) is 1.90. The molecule has 0 spiro atoms. The second kappa shape index (κ2) is 7.68. The van der Waals surface area contributed by atoms with Gasteiger partial charge in [0.2, 0.25) is 0 Å². The minimum Gasteiger partial charge on any atom is -0.483 e. The molecule has 1 aromatic carbocycles. The molecule has 6 nitrogen and oxygen atoms in total. The van der Waals surface area contributed by atoms with E-state index >= 15 is 0 Å². The summed E-state index contributed by atoms with van der Waals surface area (Å²) in [4.78, 5) is 22.8. The number of amides is 2. The van der Waals surface area contributed by atoms with Gasteiger partial charge in [-0.2, -0.15) is 0 Å². The van der Waals surface area contributed by atoms with Gasteiger partial charge in [-0.25, -0.2) is 4.79 Å². The van der Waals surface area contributed by atoms with Crippen LogP contribution < -0.4 is 15.8 Å². The van der Waals surface area contributed by atoms with E-state index in [0.29, 0.717) is 12.2 Å². The van der Waals surface area contributed by atoms with E-state index < -0.39 is 17.6 Å². The predicted octanol–water partition coefficient (Wildman–Crippen LogP) is 2.53. The van der Waals surface area contributed by atoms with Crippen LogP contribution in [-0.2, 0) is 9.53 Å². The van der Waals surface area contributed by atoms with Crippen molar-refractivity contribution in [3.8, 4) is 5.75 Å². The molecule has 0 radical (unpaired) electrons. The monoisotopic (exact) mass is 308 g/mol. The topological polar surface area (TPSA) is 90.7 Å². The normalized spacial score (nSPS) is 12.4. The van der Waals surface area contributed by atoms with Crippen LogP contribution in [0.4, 0.5) is 4.79 Å². The lowest BCUT2D eigenvalue weighted by Gasteiger charge is -2.24. The molecule has 1 rings (SSSR count). The molecule has 0 aliphatic carbocycles. The van der Waals surface area contributed by atoms with Crippen LogP contribution >= 0.6 is 0 Å². The fraction of sp³-hybridized carbons (Fsp3) is 0.500. The number of carbonyl (C=O) groups excluding carboxylic acids is 2. The highest BCUT2D eigenvalue weighted by atomic mass is 16.6. The molecule has 1 atom stereocenters. The zero-order chi connectivity index (χ0) is 16.8. The van der Waals surface area contributed by atoms with E-state index in [1.165, 1.54) is 0 Å². The number of nitrogens with two attached hydrogens (primary N) is 1. The fourth-order valence-corrected chi connectivity index (χ4v) is 1.90. The number of benzene rings is 1. The van der Waals surface area contributed by atoms with Gasteiger partial charge < -0.3 is 20.5 Å². The first-order chi connectivity index (χ1) is 10.2. The SMILES string of the molecule is CC[C@@H](NC(=O)OC(C)(C)C)c1ccccc1OCC(N)=O. The van der Waals surface area contributed by atoms with Crippen molar-refractivity contribution in [1.29, 1.82) is 0 Å². The molecule has 0 aliphatic heterocycles. The molecule has 122 valence electrons. The van der Waals surface area contributed by atoms with Crippen molar-refractivity contribution < 1.29 is 19.1 Å². The number of rotatable bonds is 6. The average Bonchev–Trinajstić information content (AvgIpc) is 2.41. The van der Waals surface area contributed by atoms with E-state index in [2.05, 4.69) is 5.32 Å². The third-order valence-electron chi connectivity index (χ3n) is 2.76. The summed E-state index contributed by atoms with van der Waals surface area (Å²) in [6.07, 6.45) is 0.153. The summed E-state index contributed by atoms with van der Waals surface area (Å²) in [6, 6.07) is 6.92. The number of carbonyl (C=O) groups is 2. The Kier molecular flexibility index (Phi) is 6.22. The number of alkyl carbamates (subject to hydrolysis) is 1. The van der Waals surface area contributed by atoms with Gasteiger partial charge in [-0.05, 0) is 33.3 Å². The molecule has 0 unspecified atom stereocenters. The molecule has 0 saturated carbocycles. The Morgan fingerprint density at radius 3 is 2.45 bits per heavy atom. The Labute approximate surface area is 131 Å². The Morgan fingerprint density at radius 2 is 1.91 bits per heavy atom. The van der Waals surface area contributed by atoms with Gasteiger partial charge in [-0.1, -0.05) is 25.1 Å². The molecule has 0 fully saturated rings. The standard InChI is InChI=1S/C16H24N2O4/c1-5-12(18-15(20)22-16(2,3)4)11-8-6-7-9-13(11)21-10-14(17)19/h6-9,12H,5,10H2,1-4H3,(H2,17,19)(H,18,20)/t12-/m1/s1. The first kappa shape index (κ1) is 17.8. The summed E-state index contributed by atoms with van der Waals surface area (Å²) < 4.78 is 10.7. The van der Waals surface area contributed by atoms with Gasteiger partial charge in [0.15, 0.2) is 6.61 Å². The van der Waals surface area contributed by atoms with Crippen LogP contribution in [0.2, 0.25) is 0 Å². The molecule has 22 heavy (non-hydrogen) atoms. The largest absolute Gasteiger partial charge is 0.483 e. The summed E-state index contributed by atoms with van der Waals surface area (Å²) >= 11 is 0. The van der Waals surface area contributed by atoms with E-state index in [-0.39, 0.29) is 12.6 Å². The van der Waals surface area contributed by atoms with Gasteiger partial charge in [-0.15, -0.1) is 0 Å². The third kappa shape index (κ3) is 6.03. The van der Waals surface area contributed by atoms with E-state index in [1.807, 2.05) is 19.1 Å². The van der Waals surface area contributed by atoms with Crippen molar-refractivity contribution in [2.45, 2.75) is 45.8 Å². The summed E-state index contributed by atoms with van der Waals surface area (Å²) in [7, 11) is 0. The lowest BCUT2D eigenvalue weighted by Crippen LogP contribution is -2.35. The van der Waals surface area contributed by atoms with Crippen LogP contribution in [0.25, 0.3) is 0 Å². The van der Waals surface area contributed by atoms with Gasteiger partial charge in [-0.3, -0.25) is 4.79 Å². The Hall–Kier alpha value is -2.24. The zero-order valence-electron chi connectivity index (χ0n) is 13.5. The maximum atomic E-state index is 11.9. The average molecular weight is 308 g/mol.